The van der Waals surface area contributed by atoms with Crippen LogP contribution in [-0.2, 0) is 4.74 Å². The van der Waals surface area contributed by atoms with Crippen LogP contribution in [0.25, 0.3) is 0 Å². The maximum Gasteiger partial charge on any atom is 0.340 e. The van der Waals surface area contributed by atoms with Crippen LogP contribution in [0.3, 0.4) is 0 Å². The fraction of sp³-hybridized carbons (Fsp3) is 0.500. The fourth-order valence-corrected chi connectivity index (χ4v) is 2.08. The summed E-state index contributed by atoms with van der Waals surface area (Å²) >= 11 is 0. The highest BCUT2D eigenvalue weighted by atomic mass is 16.5. The van der Waals surface area contributed by atoms with E-state index in [9.17, 15) is 4.79 Å². The highest BCUT2D eigenvalue weighted by molar-refractivity contribution is 5.92. The molecule has 1 aliphatic rings. The lowest BCUT2D eigenvalue weighted by Crippen LogP contribution is -2.31. The first-order chi connectivity index (χ1) is 7.63. The predicted octanol–water partition coefficient (Wildman–Crippen LogP) is 2.11. The van der Waals surface area contributed by atoms with E-state index in [1.807, 2.05) is 6.92 Å². The molecule has 2 heterocycles. The predicted molar refractivity (Wildman–Crippen MR) is 61.2 cm³/mol. The second-order valence-corrected chi connectivity index (χ2v) is 4.19. The zero-order valence-electron chi connectivity index (χ0n) is 9.56. The van der Waals surface area contributed by atoms with Crippen molar-refractivity contribution in [3.63, 3.8) is 0 Å². The molecule has 86 valence electrons. The average molecular weight is 220 g/mol. The Labute approximate surface area is 94.8 Å². The Hall–Kier alpha value is -1.58. The summed E-state index contributed by atoms with van der Waals surface area (Å²) < 4.78 is 5.39. The van der Waals surface area contributed by atoms with Gasteiger partial charge in [-0.05, 0) is 18.6 Å². The van der Waals surface area contributed by atoms with Crippen molar-refractivity contribution in [3.8, 4) is 0 Å². The van der Waals surface area contributed by atoms with E-state index in [1.54, 1.807) is 12.1 Å². The smallest absolute Gasteiger partial charge is 0.340 e. The third-order valence-electron chi connectivity index (χ3n) is 2.99. The van der Waals surface area contributed by atoms with E-state index in [2.05, 4.69) is 11.9 Å². The molecule has 0 saturated carbocycles. The van der Waals surface area contributed by atoms with Crippen LogP contribution < -0.4 is 5.73 Å². The molecule has 0 unspecified atom stereocenters. The number of fused-ring (bicyclic) bond motifs is 1. The van der Waals surface area contributed by atoms with E-state index in [-0.39, 0.29) is 18.0 Å². The van der Waals surface area contributed by atoms with Crippen LogP contribution in [0.1, 0.15) is 48.7 Å². The maximum absolute atomic E-state index is 11.7. The number of anilines is 1. The molecule has 2 atom stereocenters. The van der Waals surface area contributed by atoms with Gasteiger partial charge < -0.3 is 10.5 Å². The van der Waals surface area contributed by atoms with Crippen molar-refractivity contribution in [3.05, 3.63) is 23.4 Å². The molecule has 2 rings (SSSR count). The number of carbonyl (C=O) groups is 1. The van der Waals surface area contributed by atoms with Gasteiger partial charge in [-0.25, -0.2) is 9.78 Å². The zero-order chi connectivity index (χ0) is 11.7. The van der Waals surface area contributed by atoms with Crippen molar-refractivity contribution in [1.82, 2.24) is 4.98 Å². The fourth-order valence-electron chi connectivity index (χ4n) is 2.08. The lowest BCUT2D eigenvalue weighted by Gasteiger charge is -2.29. The Morgan fingerprint density at radius 1 is 1.50 bits per heavy atom. The highest BCUT2D eigenvalue weighted by Gasteiger charge is 2.33. The number of cyclic esters (lactones) is 1. The molecule has 4 nitrogen and oxygen atoms in total. The summed E-state index contributed by atoms with van der Waals surface area (Å²) in [5.41, 5.74) is 6.97. The van der Waals surface area contributed by atoms with Gasteiger partial charge in [0.05, 0.1) is 11.3 Å². The second-order valence-electron chi connectivity index (χ2n) is 4.19. The Bertz CT molecular complexity index is 417. The molecule has 0 aliphatic carbocycles. The SMILES string of the molecule is CCC[C@@H]1OC(=O)c2ccc(N)nc2[C@H]1C. The van der Waals surface area contributed by atoms with Crippen LogP contribution in [0.15, 0.2) is 12.1 Å². The highest BCUT2D eigenvalue weighted by Crippen LogP contribution is 2.32. The summed E-state index contributed by atoms with van der Waals surface area (Å²) in [7, 11) is 0. The molecular weight excluding hydrogens is 204 g/mol. The lowest BCUT2D eigenvalue weighted by molar-refractivity contribution is 0.0160. The number of rotatable bonds is 2. The van der Waals surface area contributed by atoms with Crippen LogP contribution in [-0.4, -0.2) is 17.1 Å². The lowest BCUT2D eigenvalue weighted by atomic mass is 9.91. The van der Waals surface area contributed by atoms with Crippen LogP contribution in [0.2, 0.25) is 0 Å². The Balaban J connectivity index is 2.40. The van der Waals surface area contributed by atoms with Gasteiger partial charge >= 0.3 is 5.97 Å². The third kappa shape index (κ3) is 1.75. The summed E-state index contributed by atoms with van der Waals surface area (Å²) in [6.45, 7) is 4.10. The number of hydrogen-bond acceptors (Lipinski definition) is 4. The topological polar surface area (TPSA) is 65.2 Å². The van der Waals surface area contributed by atoms with E-state index in [4.69, 9.17) is 10.5 Å². The molecule has 0 spiro atoms. The summed E-state index contributed by atoms with van der Waals surface area (Å²) in [4.78, 5) is 16.0. The van der Waals surface area contributed by atoms with Gasteiger partial charge in [-0.3, -0.25) is 0 Å². The normalized spacial score (nSPS) is 23.8. The van der Waals surface area contributed by atoms with Gasteiger partial charge in [0, 0.05) is 5.92 Å². The molecular formula is C12H16N2O2. The summed E-state index contributed by atoms with van der Waals surface area (Å²) in [6.07, 6.45) is 1.78. The molecule has 4 heteroatoms. The number of aromatic nitrogens is 1. The largest absolute Gasteiger partial charge is 0.458 e. The molecule has 16 heavy (non-hydrogen) atoms. The maximum atomic E-state index is 11.7. The van der Waals surface area contributed by atoms with E-state index in [0.717, 1.165) is 18.5 Å². The molecule has 0 aromatic carbocycles. The van der Waals surface area contributed by atoms with Gasteiger partial charge in [-0.15, -0.1) is 0 Å². The Morgan fingerprint density at radius 3 is 2.94 bits per heavy atom. The van der Waals surface area contributed by atoms with Crippen LogP contribution in [0.4, 0.5) is 5.82 Å². The minimum absolute atomic E-state index is 0.0701. The minimum atomic E-state index is -0.279. The van der Waals surface area contributed by atoms with Crippen LogP contribution in [0.5, 0.6) is 0 Å². The molecule has 0 radical (unpaired) electrons. The number of pyridine rings is 1. The number of carbonyl (C=O) groups excluding carboxylic acids is 1. The first-order valence-corrected chi connectivity index (χ1v) is 5.61. The first kappa shape index (κ1) is 10.9. The van der Waals surface area contributed by atoms with E-state index in [0.29, 0.717) is 11.4 Å². The van der Waals surface area contributed by atoms with Crippen LogP contribution >= 0.6 is 0 Å². The first-order valence-electron chi connectivity index (χ1n) is 5.61. The molecule has 1 aliphatic heterocycles. The van der Waals surface area contributed by atoms with E-state index < -0.39 is 0 Å². The second kappa shape index (κ2) is 4.12. The van der Waals surface area contributed by atoms with Crippen molar-refractivity contribution in [1.29, 1.82) is 0 Å². The van der Waals surface area contributed by atoms with Crippen molar-refractivity contribution >= 4 is 11.8 Å². The zero-order valence-corrected chi connectivity index (χ0v) is 9.56. The number of esters is 1. The van der Waals surface area contributed by atoms with E-state index in [1.165, 1.54) is 0 Å². The summed E-state index contributed by atoms with van der Waals surface area (Å²) in [5, 5.41) is 0. The summed E-state index contributed by atoms with van der Waals surface area (Å²) in [6, 6.07) is 3.33. The van der Waals surface area contributed by atoms with Crippen molar-refractivity contribution < 1.29 is 9.53 Å². The van der Waals surface area contributed by atoms with Crippen molar-refractivity contribution in [2.75, 3.05) is 5.73 Å². The molecule has 1 aromatic rings. The average Bonchev–Trinajstić information content (AvgIpc) is 2.25. The third-order valence-corrected chi connectivity index (χ3v) is 2.99. The van der Waals surface area contributed by atoms with Crippen LogP contribution in [0, 0.1) is 0 Å². The van der Waals surface area contributed by atoms with Gasteiger partial charge in [0.2, 0.25) is 0 Å². The van der Waals surface area contributed by atoms with Gasteiger partial charge in [-0.2, -0.15) is 0 Å². The number of nitrogens with zero attached hydrogens (tertiary/aromatic N) is 1. The molecule has 0 fully saturated rings. The van der Waals surface area contributed by atoms with Gasteiger partial charge in [0.25, 0.3) is 0 Å². The summed E-state index contributed by atoms with van der Waals surface area (Å²) in [5.74, 6) is 0.297. The monoisotopic (exact) mass is 220 g/mol. The number of hydrogen-bond donors (Lipinski definition) is 1. The van der Waals surface area contributed by atoms with Crippen molar-refractivity contribution in [2.45, 2.75) is 38.7 Å². The molecule has 0 bridgehead atoms. The molecule has 0 amide bonds. The number of nitrogen functional groups attached to an aromatic ring is 1. The van der Waals surface area contributed by atoms with E-state index >= 15 is 0 Å². The Kier molecular flexibility index (Phi) is 2.81. The van der Waals surface area contributed by atoms with Gasteiger partial charge in [-0.1, -0.05) is 20.3 Å². The minimum Gasteiger partial charge on any atom is -0.458 e. The standard InChI is InChI=1S/C12H16N2O2/c1-3-4-9-7(2)11-8(12(15)16-9)5-6-10(13)14-11/h5-7,9H,3-4H2,1-2H3,(H2,13,14)/t7-,9-/m0/s1. The van der Waals surface area contributed by atoms with Gasteiger partial charge in [0.1, 0.15) is 11.9 Å². The molecule has 1 aromatic heterocycles. The molecule has 0 saturated heterocycles. The van der Waals surface area contributed by atoms with Crippen molar-refractivity contribution in [2.24, 2.45) is 0 Å². The van der Waals surface area contributed by atoms with Gasteiger partial charge in [0.15, 0.2) is 0 Å². The molecule has 2 N–H and O–H groups in total. The number of nitrogens with two attached hydrogens (primary N) is 1. The Morgan fingerprint density at radius 2 is 2.25 bits per heavy atom. The quantitative estimate of drug-likeness (QED) is 0.775. The number of ether oxygens (including phenoxy) is 1.